The minimum Gasteiger partial charge on any atom is -0.309 e. The number of hydrogen-bond acceptors (Lipinski definition) is 3. The summed E-state index contributed by atoms with van der Waals surface area (Å²) in [6, 6.07) is 16.8. The highest BCUT2D eigenvalue weighted by molar-refractivity contribution is 5.30. The van der Waals surface area contributed by atoms with Crippen molar-refractivity contribution >= 4 is 0 Å². The van der Waals surface area contributed by atoms with Crippen LogP contribution < -0.4 is 10.6 Å². The van der Waals surface area contributed by atoms with E-state index in [4.69, 9.17) is 0 Å². The molecule has 1 heterocycles. The van der Waals surface area contributed by atoms with Gasteiger partial charge in [0.15, 0.2) is 0 Å². The molecule has 0 aliphatic carbocycles. The predicted molar refractivity (Wildman–Crippen MR) is 108 cm³/mol. The smallest absolute Gasteiger partial charge is 0.309 e. The first-order valence-electron chi connectivity index (χ1n) is 10.0. The predicted octanol–water partition coefficient (Wildman–Crippen LogP) is 5.60. The van der Waals surface area contributed by atoms with E-state index in [-0.39, 0.29) is 17.5 Å². The first kappa shape index (κ1) is 21.8. The topological polar surface area (TPSA) is 33.3 Å². The molecule has 3 rings (SSSR count). The van der Waals surface area contributed by atoms with E-state index in [2.05, 4.69) is 15.4 Å². The van der Waals surface area contributed by atoms with Gasteiger partial charge >= 0.3 is 6.36 Å². The monoisotopic (exact) mass is 406 g/mol. The normalized spacial score (nSPS) is 21.7. The summed E-state index contributed by atoms with van der Waals surface area (Å²) in [4.78, 5) is 0. The van der Waals surface area contributed by atoms with Crippen molar-refractivity contribution in [2.24, 2.45) is 0 Å². The van der Waals surface area contributed by atoms with Crippen molar-refractivity contribution < 1.29 is 17.9 Å². The van der Waals surface area contributed by atoms with Gasteiger partial charge in [0.05, 0.1) is 0 Å². The molecule has 6 heteroatoms. The molecule has 2 N–H and O–H groups in total. The Balaban J connectivity index is 1.89. The van der Waals surface area contributed by atoms with Gasteiger partial charge < -0.3 is 5.32 Å². The molecule has 29 heavy (non-hydrogen) atoms. The molecular formula is C23H29F3N2O. The molecular weight excluding hydrogens is 377 g/mol. The molecule has 3 atom stereocenters. The van der Waals surface area contributed by atoms with E-state index in [9.17, 15) is 13.2 Å². The molecule has 158 valence electrons. The van der Waals surface area contributed by atoms with Gasteiger partial charge in [-0.25, -0.2) is 0 Å². The molecule has 1 fully saturated rings. The van der Waals surface area contributed by atoms with Crippen LogP contribution in [0.4, 0.5) is 13.2 Å². The van der Waals surface area contributed by atoms with Crippen LogP contribution >= 0.6 is 0 Å². The van der Waals surface area contributed by atoms with Crippen LogP contribution in [0, 0.1) is 0 Å². The van der Waals surface area contributed by atoms with Crippen molar-refractivity contribution in [3.63, 3.8) is 0 Å². The Morgan fingerprint density at radius 1 is 1.03 bits per heavy atom. The van der Waals surface area contributed by atoms with E-state index in [1.54, 1.807) is 18.2 Å². The lowest BCUT2D eigenvalue weighted by atomic mass is 9.86. The third-order valence-electron chi connectivity index (χ3n) is 5.29. The lowest BCUT2D eigenvalue weighted by Gasteiger charge is -2.36. The van der Waals surface area contributed by atoms with Crippen LogP contribution in [-0.2, 0) is 10.2 Å². The summed E-state index contributed by atoms with van der Waals surface area (Å²) in [5, 5.41) is 6.59. The summed E-state index contributed by atoms with van der Waals surface area (Å²) < 4.78 is 44.2. The van der Waals surface area contributed by atoms with E-state index in [0.29, 0.717) is 5.56 Å². The highest BCUT2D eigenvalue weighted by Crippen LogP contribution is 2.32. The van der Waals surface area contributed by atoms with Crippen LogP contribution in [0.2, 0.25) is 0 Å². The van der Waals surface area contributed by atoms with E-state index < -0.39 is 12.6 Å². The second-order valence-corrected chi connectivity index (χ2v) is 8.58. The number of piperidine rings is 1. The average molecular weight is 406 g/mol. The quantitative estimate of drug-likeness (QED) is 0.634. The maximum absolute atomic E-state index is 13.2. The zero-order valence-corrected chi connectivity index (χ0v) is 17.1. The Bertz CT molecular complexity index is 787. The fraction of sp³-hybridized carbons (Fsp3) is 0.478. The molecule has 0 aromatic heterocycles. The highest BCUT2D eigenvalue weighted by atomic mass is 19.4. The van der Waals surface area contributed by atoms with Crippen LogP contribution in [0.3, 0.4) is 0 Å². The van der Waals surface area contributed by atoms with Gasteiger partial charge in [-0.15, -0.1) is 13.2 Å². The Morgan fingerprint density at radius 3 is 2.41 bits per heavy atom. The molecule has 2 aromatic rings. The molecule has 2 aromatic carbocycles. The molecule has 1 saturated heterocycles. The zero-order chi connectivity index (χ0) is 21.1. The van der Waals surface area contributed by atoms with Crippen LogP contribution in [0.1, 0.15) is 62.6 Å². The molecule has 0 amide bonds. The number of rotatable bonds is 5. The van der Waals surface area contributed by atoms with Gasteiger partial charge in [0.25, 0.3) is 0 Å². The van der Waals surface area contributed by atoms with Gasteiger partial charge in [-0.2, -0.15) is 0 Å². The molecule has 0 radical (unpaired) electrons. The van der Waals surface area contributed by atoms with Crippen molar-refractivity contribution in [1.82, 2.24) is 10.6 Å². The number of halogens is 3. The van der Waals surface area contributed by atoms with Crippen LogP contribution in [0.25, 0.3) is 0 Å². The minimum absolute atomic E-state index is 0.0740. The summed E-state index contributed by atoms with van der Waals surface area (Å²) in [6.07, 6.45) is -4.35. The number of hydrogen-bond donors (Lipinski definition) is 2. The molecule has 0 spiro atoms. The van der Waals surface area contributed by atoms with Crippen molar-refractivity contribution in [1.29, 1.82) is 0 Å². The summed E-state index contributed by atoms with van der Waals surface area (Å²) in [7, 11) is 0. The second kappa shape index (κ2) is 8.86. The van der Waals surface area contributed by atoms with Gasteiger partial charge in [-0.3, -0.25) is 10.1 Å². The lowest BCUT2D eigenvalue weighted by molar-refractivity contribution is -0.349. The van der Waals surface area contributed by atoms with E-state index in [1.165, 1.54) is 0 Å². The maximum Gasteiger partial charge on any atom is 0.524 e. The van der Waals surface area contributed by atoms with Crippen LogP contribution in [-0.4, -0.2) is 18.9 Å². The SMILES string of the molecule is CC(C)(C)c1cccc(C(N[C@H]2CCCN[C@H]2c2ccccc2)OC(F)(F)F)c1. The Labute approximate surface area is 170 Å². The molecule has 3 nitrogen and oxygen atoms in total. The minimum atomic E-state index is -4.74. The van der Waals surface area contributed by atoms with Crippen LogP contribution in [0.15, 0.2) is 54.6 Å². The standard InChI is InChI=1S/C23H29F3N2O/c1-22(2,3)18-12-7-11-17(15-18)21(29-23(24,25)26)28-19-13-8-14-27-20(19)16-9-5-4-6-10-16/h4-7,9-12,15,19-21,27-28H,8,13-14H2,1-3H3/t19-,20-,21?/m0/s1. The van der Waals surface area contributed by atoms with Crippen molar-refractivity contribution in [3.8, 4) is 0 Å². The highest BCUT2D eigenvalue weighted by Gasteiger charge is 2.37. The summed E-state index contributed by atoms with van der Waals surface area (Å²) in [5.41, 5.74) is 2.33. The second-order valence-electron chi connectivity index (χ2n) is 8.58. The largest absolute Gasteiger partial charge is 0.524 e. The Hall–Kier alpha value is -1.89. The Kier molecular flexibility index (Phi) is 6.66. The van der Waals surface area contributed by atoms with Crippen molar-refractivity contribution in [2.75, 3.05) is 6.54 Å². The number of nitrogens with one attached hydrogen (secondary N) is 2. The molecule has 1 unspecified atom stereocenters. The molecule has 0 saturated carbocycles. The Morgan fingerprint density at radius 2 is 1.76 bits per heavy atom. The van der Waals surface area contributed by atoms with E-state index in [1.807, 2.05) is 57.2 Å². The lowest BCUT2D eigenvalue weighted by Crippen LogP contribution is -2.48. The fourth-order valence-electron chi connectivity index (χ4n) is 3.77. The van der Waals surface area contributed by atoms with Crippen molar-refractivity contribution in [2.45, 2.75) is 63.7 Å². The fourth-order valence-corrected chi connectivity index (χ4v) is 3.77. The summed E-state index contributed by atoms with van der Waals surface area (Å²) in [6.45, 7) is 6.95. The van der Waals surface area contributed by atoms with Gasteiger partial charge in [0, 0.05) is 12.1 Å². The number of alkyl halides is 3. The third-order valence-corrected chi connectivity index (χ3v) is 5.29. The maximum atomic E-state index is 13.2. The molecule has 1 aliphatic heterocycles. The first-order chi connectivity index (χ1) is 13.6. The van der Waals surface area contributed by atoms with Crippen LogP contribution in [0.5, 0.6) is 0 Å². The van der Waals surface area contributed by atoms with Gasteiger partial charge in [0.2, 0.25) is 0 Å². The van der Waals surface area contributed by atoms with E-state index in [0.717, 1.165) is 30.5 Å². The zero-order valence-electron chi connectivity index (χ0n) is 17.1. The number of benzene rings is 2. The molecule has 1 aliphatic rings. The first-order valence-corrected chi connectivity index (χ1v) is 10.0. The summed E-state index contributed by atoms with van der Waals surface area (Å²) >= 11 is 0. The third kappa shape index (κ3) is 6.04. The van der Waals surface area contributed by atoms with Gasteiger partial charge in [0.1, 0.15) is 6.23 Å². The molecule has 0 bridgehead atoms. The summed E-state index contributed by atoms with van der Waals surface area (Å²) in [5.74, 6) is 0. The average Bonchev–Trinajstić information content (AvgIpc) is 2.67. The van der Waals surface area contributed by atoms with Gasteiger partial charge in [-0.1, -0.05) is 75.4 Å². The van der Waals surface area contributed by atoms with Crippen molar-refractivity contribution in [3.05, 3.63) is 71.3 Å². The number of ether oxygens (including phenoxy) is 1. The van der Waals surface area contributed by atoms with E-state index >= 15 is 0 Å². The van der Waals surface area contributed by atoms with Gasteiger partial charge in [-0.05, 0) is 41.5 Å².